The van der Waals surface area contributed by atoms with E-state index < -0.39 is 5.92 Å². The summed E-state index contributed by atoms with van der Waals surface area (Å²) in [6, 6.07) is 0.424. The van der Waals surface area contributed by atoms with E-state index in [0.29, 0.717) is 12.6 Å². The van der Waals surface area contributed by atoms with Crippen LogP contribution in [0, 0.1) is 0 Å². The first-order valence-corrected chi connectivity index (χ1v) is 5.41. The number of halogens is 2. The van der Waals surface area contributed by atoms with Gasteiger partial charge in [-0.1, -0.05) is 13.8 Å². The summed E-state index contributed by atoms with van der Waals surface area (Å²) in [7, 11) is 0. The molecule has 14 heavy (non-hydrogen) atoms. The van der Waals surface area contributed by atoms with Crippen LogP contribution in [0.1, 0.15) is 26.7 Å². The Balaban J connectivity index is 2.30. The van der Waals surface area contributed by atoms with Crippen molar-refractivity contribution in [2.45, 2.75) is 38.7 Å². The second-order valence-corrected chi connectivity index (χ2v) is 3.93. The Morgan fingerprint density at radius 3 is 2.43 bits per heavy atom. The number of alkyl halides is 2. The summed E-state index contributed by atoms with van der Waals surface area (Å²) >= 11 is 0. The van der Waals surface area contributed by atoms with Gasteiger partial charge in [0.2, 0.25) is 0 Å². The van der Waals surface area contributed by atoms with Gasteiger partial charge in [-0.2, -0.15) is 0 Å². The molecular weight excluding hydrogens is 186 g/mol. The van der Waals surface area contributed by atoms with Gasteiger partial charge in [-0.15, -0.1) is 0 Å². The van der Waals surface area contributed by atoms with Gasteiger partial charge in [-0.05, 0) is 25.9 Å². The number of rotatable bonds is 7. The van der Waals surface area contributed by atoms with Crippen molar-refractivity contribution < 1.29 is 8.78 Å². The van der Waals surface area contributed by atoms with Gasteiger partial charge < -0.3 is 5.32 Å². The molecule has 0 unspecified atom stereocenters. The molecule has 1 aliphatic rings. The SMILES string of the molecule is CCNCC(F)(F)CN(CC)C1CC1. The standard InChI is InChI=1S/C10H20F2N2/c1-3-13-7-10(11,12)8-14(4-2)9-5-6-9/h9,13H,3-8H2,1-2H3. The molecule has 4 heteroatoms. The van der Waals surface area contributed by atoms with Gasteiger partial charge in [0.05, 0.1) is 13.1 Å². The highest BCUT2D eigenvalue weighted by atomic mass is 19.3. The van der Waals surface area contributed by atoms with E-state index >= 15 is 0 Å². The molecule has 0 aromatic heterocycles. The Morgan fingerprint density at radius 2 is 2.00 bits per heavy atom. The second-order valence-electron chi connectivity index (χ2n) is 3.93. The van der Waals surface area contributed by atoms with Crippen molar-refractivity contribution in [3.63, 3.8) is 0 Å². The van der Waals surface area contributed by atoms with E-state index in [2.05, 4.69) is 5.32 Å². The molecule has 0 spiro atoms. The van der Waals surface area contributed by atoms with Crippen LogP contribution in [0.25, 0.3) is 0 Å². The van der Waals surface area contributed by atoms with Crippen LogP contribution in [-0.4, -0.2) is 43.0 Å². The van der Waals surface area contributed by atoms with Gasteiger partial charge in [-0.3, -0.25) is 4.90 Å². The Kier molecular flexibility index (Phi) is 4.26. The molecule has 0 bridgehead atoms. The van der Waals surface area contributed by atoms with Crippen LogP contribution >= 0.6 is 0 Å². The second kappa shape index (κ2) is 5.03. The zero-order chi connectivity index (χ0) is 10.6. The van der Waals surface area contributed by atoms with E-state index in [4.69, 9.17) is 0 Å². The van der Waals surface area contributed by atoms with Crippen LogP contribution in [-0.2, 0) is 0 Å². The van der Waals surface area contributed by atoms with Gasteiger partial charge in [0.25, 0.3) is 5.92 Å². The van der Waals surface area contributed by atoms with Crippen LogP contribution in [0.4, 0.5) is 8.78 Å². The van der Waals surface area contributed by atoms with Gasteiger partial charge in [-0.25, -0.2) is 8.78 Å². The molecule has 0 atom stereocenters. The largest absolute Gasteiger partial charge is 0.311 e. The summed E-state index contributed by atoms with van der Waals surface area (Å²) in [6.45, 7) is 4.82. The van der Waals surface area contributed by atoms with Crippen LogP contribution < -0.4 is 5.32 Å². The molecule has 1 rings (SSSR count). The monoisotopic (exact) mass is 206 g/mol. The van der Waals surface area contributed by atoms with E-state index in [1.807, 2.05) is 18.7 Å². The molecular formula is C10H20F2N2. The van der Waals surface area contributed by atoms with Crippen molar-refractivity contribution in [1.82, 2.24) is 10.2 Å². The highest BCUT2D eigenvalue weighted by Crippen LogP contribution is 2.28. The third-order valence-electron chi connectivity index (χ3n) is 2.54. The molecule has 1 fully saturated rings. The Bertz CT molecular complexity index is 170. The topological polar surface area (TPSA) is 15.3 Å². The lowest BCUT2D eigenvalue weighted by atomic mass is 10.3. The lowest BCUT2D eigenvalue weighted by Gasteiger charge is -2.26. The summed E-state index contributed by atoms with van der Waals surface area (Å²) in [5.74, 6) is -2.59. The van der Waals surface area contributed by atoms with Gasteiger partial charge >= 0.3 is 0 Å². The summed E-state index contributed by atoms with van der Waals surface area (Å²) in [5.41, 5.74) is 0. The van der Waals surface area contributed by atoms with E-state index in [0.717, 1.165) is 19.4 Å². The number of hydrogen-bond acceptors (Lipinski definition) is 2. The van der Waals surface area contributed by atoms with E-state index in [9.17, 15) is 8.78 Å². The average Bonchev–Trinajstić information content (AvgIpc) is 2.94. The number of hydrogen-bond donors (Lipinski definition) is 1. The van der Waals surface area contributed by atoms with E-state index in [1.54, 1.807) is 0 Å². The van der Waals surface area contributed by atoms with Crippen LogP contribution in [0.5, 0.6) is 0 Å². The molecule has 1 N–H and O–H groups in total. The molecule has 1 aliphatic carbocycles. The Morgan fingerprint density at radius 1 is 1.36 bits per heavy atom. The molecule has 1 saturated carbocycles. The highest BCUT2D eigenvalue weighted by Gasteiger charge is 2.36. The van der Waals surface area contributed by atoms with Crippen molar-refractivity contribution in [2.24, 2.45) is 0 Å². The fourth-order valence-electron chi connectivity index (χ4n) is 1.60. The maximum Gasteiger partial charge on any atom is 0.272 e. The van der Waals surface area contributed by atoms with Crippen molar-refractivity contribution in [3.05, 3.63) is 0 Å². The molecule has 0 aromatic carbocycles. The predicted molar refractivity (Wildman–Crippen MR) is 53.8 cm³/mol. The van der Waals surface area contributed by atoms with Gasteiger partial charge in [0.1, 0.15) is 0 Å². The number of nitrogens with zero attached hydrogens (tertiary/aromatic N) is 1. The van der Waals surface area contributed by atoms with Crippen molar-refractivity contribution in [3.8, 4) is 0 Å². The Labute approximate surface area is 84.7 Å². The first-order valence-electron chi connectivity index (χ1n) is 5.41. The summed E-state index contributed by atoms with van der Waals surface area (Å²) in [5, 5.41) is 2.70. The fourth-order valence-corrected chi connectivity index (χ4v) is 1.60. The average molecular weight is 206 g/mol. The fraction of sp³-hybridized carbons (Fsp3) is 1.00. The minimum atomic E-state index is -2.59. The van der Waals surface area contributed by atoms with E-state index in [1.165, 1.54) is 0 Å². The Hall–Kier alpha value is -0.220. The summed E-state index contributed by atoms with van der Waals surface area (Å²) in [6.07, 6.45) is 2.18. The molecule has 0 radical (unpaired) electrons. The van der Waals surface area contributed by atoms with Crippen molar-refractivity contribution >= 4 is 0 Å². The first-order chi connectivity index (χ1) is 6.59. The van der Waals surface area contributed by atoms with Gasteiger partial charge in [0.15, 0.2) is 0 Å². The smallest absolute Gasteiger partial charge is 0.272 e. The molecule has 0 heterocycles. The zero-order valence-corrected chi connectivity index (χ0v) is 9.02. The summed E-state index contributed by atoms with van der Waals surface area (Å²) in [4.78, 5) is 1.89. The molecule has 84 valence electrons. The van der Waals surface area contributed by atoms with Crippen LogP contribution in [0.3, 0.4) is 0 Å². The third kappa shape index (κ3) is 3.88. The maximum absolute atomic E-state index is 13.3. The molecule has 2 nitrogen and oxygen atoms in total. The van der Waals surface area contributed by atoms with Crippen LogP contribution in [0.2, 0.25) is 0 Å². The quantitative estimate of drug-likeness (QED) is 0.682. The molecule has 0 aliphatic heterocycles. The van der Waals surface area contributed by atoms with Crippen LogP contribution in [0.15, 0.2) is 0 Å². The minimum absolute atomic E-state index is 0.0961. The lowest BCUT2D eigenvalue weighted by Crippen LogP contribution is -2.44. The third-order valence-corrected chi connectivity index (χ3v) is 2.54. The first kappa shape index (κ1) is 11.9. The molecule has 0 saturated heterocycles. The number of nitrogens with one attached hydrogen (secondary N) is 1. The van der Waals surface area contributed by atoms with Crippen molar-refractivity contribution in [1.29, 1.82) is 0 Å². The lowest BCUT2D eigenvalue weighted by molar-refractivity contribution is -0.0311. The van der Waals surface area contributed by atoms with Gasteiger partial charge in [0, 0.05) is 6.04 Å². The zero-order valence-electron chi connectivity index (χ0n) is 9.02. The summed E-state index contributed by atoms with van der Waals surface area (Å²) < 4.78 is 26.7. The molecule has 0 amide bonds. The molecule has 0 aromatic rings. The predicted octanol–water partition coefficient (Wildman–Crippen LogP) is 1.72. The minimum Gasteiger partial charge on any atom is -0.311 e. The highest BCUT2D eigenvalue weighted by molar-refractivity contribution is 4.87. The van der Waals surface area contributed by atoms with Crippen molar-refractivity contribution in [2.75, 3.05) is 26.2 Å². The van der Waals surface area contributed by atoms with E-state index in [-0.39, 0.29) is 13.1 Å². The normalized spacial score (nSPS) is 17.8. The maximum atomic E-state index is 13.3.